The molecule has 1 rings (SSSR count). The highest BCUT2D eigenvalue weighted by Gasteiger charge is 2.27. The lowest BCUT2D eigenvalue weighted by atomic mass is 10.1. The summed E-state index contributed by atoms with van der Waals surface area (Å²) in [5.41, 5.74) is 5.51. The van der Waals surface area contributed by atoms with Gasteiger partial charge in [-0.05, 0) is 25.2 Å². The number of nitrogens with zero attached hydrogens (tertiary/aromatic N) is 1. The standard InChI is InChI=1S/C13H24N2O2S/c1-10(2)9-15(7-6-12(14)18)13(16)11-5-3-4-8-17-11/h10-11H,3-9H2,1-2H3,(H2,14,18). The summed E-state index contributed by atoms with van der Waals surface area (Å²) in [5.74, 6) is 0.531. The first-order valence-electron chi connectivity index (χ1n) is 6.69. The van der Waals surface area contributed by atoms with Crippen LogP contribution in [0.15, 0.2) is 0 Å². The Labute approximate surface area is 115 Å². The van der Waals surface area contributed by atoms with Gasteiger partial charge in [0.2, 0.25) is 0 Å². The zero-order chi connectivity index (χ0) is 13.5. The molecule has 0 bridgehead atoms. The Morgan fingerprint density at radius 1 is 1.50 bits per heavy atom. The number of ether oxygens (including phenoxy) is 1. The number of carbonyl (C=O) groups excluding carboxylic acids is 1. The first kappa shape index (κ1) is 15.4. The third-order valence-corrected chi connectivity index (χ3v) is 3.18. The number of carbonyl (C=O) groups is 1. The van der Waals surface area contributed by atoms with Gasteiger partial charge in [-0.2, -0.15) is 0 Å². The van der Waals surface area contributed by atoms with Gasteiger partial charge in [0.15, 0.2) is 0 Å². The highest BCUT2D eigenvalue weighted by Crippen LogP contribution is 2.16. The van der Waals surface area contributed by atoms with Crippen LogP contribution in [0.25, 0.3) is 0 Å². The molecule has 0 aliphatic carbocycles. The Kier molecular flexibility index (Phi) is 6.57. The molecule has 5 heteroatoms. The molecule has 18 heavy (non-hydrogen) atoms. The molecule has 0 spiro atoms. The van der Waals surface area contributed by atoms with Crippen LogP contribution in [-0.4, -0.2) is 41.6 Å². The minimum atomic E-state index is -0.260. The van der Waals surface area contributed by atoms with Gasteiger partial charge in [0.25, 0.3) is 5.91 Å². The van der Waals surface area contributed by atoms with Crippen molar-refractivity contribution in [2.24, 2.45) is 11.7 Å². The van der Waals surface area contributed by atoms with Gasteiger partial charge in [0.1, 0.15) is 6.10 Å². The van der Waals surface area contributed by atoms with Gasteiger partial charge in [-0.25, -0.2) is 0 Å². The van der Waals surface area contributed by atoms with Gasteiger partial charge in [-0.1, -0.05) is 26.1 Å². The molecular weight excluding hydrogens is 248 g/mol. The van der Waals surface area contributed by atoms with Crippen LogP contribution in [0.5, 0.6) is 0 Å². The fourth-order valence-corrected chi connectivity index (χ4v) is 2.21. The molecule has 0 radical (unpaired) electrons. The average molecular weight is 272 g/mol. The van der Waals surface area contributed by atoms with Crippen molar-refractivity contribution < 1.29 is 9.53 Å². The van der Waals surface area contributed by atoms with Gasteiger partial charge < -0.3 is 15.4 Å². The quantitative estimate of drug-likeness (QED) is 0.748. The summed E-state index contributed by atoms with van der Waals surface area (Å²) in [6, 6.07) is 0. The maximum atomic E-state index is 12.4. The fraction of sp³-hybridized carbons (Fsp3) is 0.846. The summed E-state index contributed by atoms with van der Waals surface area (Å²) in [5, 5.41) is 0. The molecule has 0 aromatic carbocycles. The van der Waals surface area contributed by atoms with Crippen molar-refractivity contribution in [2.45, 2.75) is 45.6 Å². The van der Waals surface area contributed by atoms with E-state index in [-0.39, 0.29) is 12.0 Å². The van der Waals surface area contributed by atoms with Gasteiger partial charge >= 0.3 is 0 Å². The lowest BCUT2D eigenvalue weighted by molar-refractivity contribution is -0.146. The molecule has 1 amide bonds. The first-order valence-corrected chi connectivity index (χ1v) is 7.10. The van der Waals surface area contributed by atoms with Crippen molar-refractivity contribution in [1.29, 1.82) is 0 Å². The summed E-state index contributed by atoms with van der Waals surface area (Å²) in [7, 11) is 0. The molecule has 0 aromatic heterocycles. The molecule has 1 unspecified atom stereocenters. The maximum Gasteiger partial charge on any atom is 0.251 e. The highest BCUT2D eigenvalue weighted by atomic mass is 32.1. The highest BCUT2D eigenvalue weighted by molar-refractivity contribution is 7.80. The summed E-state index contributed by atoms with van der Waals surface area (Å²) in [6.07, 6.45) is 3.28. The second-order valence-electron chi connectivity index (χ2n) is 5.25. The number of rotatable bonds is 6. The number of hydrogen-bond acceptors (Lipinski definition) is 3. The zero-order valence-corrected chi connectivity index (χ0v) is 12.2. The third kappa shape index (κ3) is 5.31. The van der Waals surface area contributed by atoms with E-state index >= 15 is 0 Å². The first-order chi connectivity index (χ1) is 8.50. The SMILES string of the molecule is CC(C)CN(CCC(N)=S)C(=O)C1CCCCO1. The van der Waals surface area contributed by atoms with Crippen molar-refractivity contribution in [2.75, 3.05) is 19.7 Å². The van der Waals surface area contributed by atoms with Crippen LogP contribution in [0.3, 0.4) is 0 Å². The van der Waals surface area contributed by atoms with Gasteiger partial charge in [-0.15, -0.1) is 0 Å². The topological polar surface area (TPSA) is 55.6 Å². The molecular formula is C13H24N2O2S. The van der Waals surface area contributed by atoms with E-state index < -0.39 is 0 Å². The van der Waals surface area contributed by atoms with E-state index in [1.54, 1.807) is 0 Å². The summed E-state index contributed by atoms with van der Waals surface area (Å²) in [6.45, 7) is 6.24. The summed E-state index contributed by atoms with van der Waals surface area (Å²) >= 11 is 4.88. The number of amides is 1. The van der Waals surface area contributed by atoms with Crippen molar-refractivity contribution in [3.63, 3.8) is 0 Å². The minimum Gasteiger partial charge on any atom is -0.393 e. The Balaban J connectivity index is 2.55. The van der Waals surface area contributed by atoms with Gasteiger partial charge in [0.05, 0.1) is 4.99 Å². The molecule has 1 aliphatic heterocycles. The molecule has 1 heterocycles. The van der Waals surface area contributed by atoms with E-state index in [0.717, 1.165) is 25.8 Å². The predicted octanol–water partition coefficient (Wildman–Crippen LogP) is 1.72. The third-order valence-electron chi connectivity index (χ3n) is 2.98. The predicted molar refractivity (Wildman–Crippen MR) is 76.4 cm³/mol. The van der Waals surface area contributed by atoms with Crippen LogP contribution in [0.1, 0.15) is 39.5 Å². The normalized spacial score (nSPS) is 19.8. The molecule has 2 N–H and O–H groups in total. The zero-order valence-electron chi connectivity index (χ0n) is 11.4. The fourth-order valence-electron chi connectivity index (χ4n) is 2.12. The lowest BCUT2D eigenvalue weighted by Crippen LogP contribution is -2.44. The number of thiocarbonyl (C=S) groups is 1. The van der Waals surface area contributed by atoms with Gasteiger partial charge in [-0.3, -0.25) is 4.79 Å². The monoisotopic (exact) mass is 272 g/mol. The minimum absolute atomic E-state index is 0.0969. The maximum absolute atomic E-state index is 12.4. The molecule has 0 saturated carbocycles. The largest absolute Gasteiger partial charge is 0.393 e. The summed E-state index contributed by atoms with van der Waals surface area (Å²) < 4.78 is 5.55. The second-order valence-corrected chi connectivity index (χ2v) is 5.77. The molecule has 1 aliphatic rings. The Morgan fingerprint density at radius 2 is 2.22 bits per heavy atom. The van der Waals surface area contributed by atoms with Crippen LogP contribution in [-0.2, 0) is 9.53 Å². The van der Waals surface area contributed by atoms with Crippen molar-refractivity contribution in [3.05, 3.63) is 0 Å². The number of hydrogen-bond donors (Lipinski definition) is 1. The molecule has 4 nitrogen and oxygen atoms in total. The van der Waals surface area contributed by atoms with Crippen molar-refractivity contribution >= 4 is 23.1 Å². The molecule has 0 aromatic rings. The molecule has 104 valence electrons. The van der Waals surface area contributed by atoms with Gasteiger partial charge in [0, 0.05) is 26.1 Å². The van der Waals surface area contributed by atoms with Crippen LogP contribution < -0.4 is 5.73 Å². The average Bonchev–Trinajstić information content (AvgIpc) is 2.34. The van der Waals surface area contributed by atoms with E-state index in [1.807, 2.05) is 4.90 Å². The second kappa shape index (κ2) is 7.69. The van der Waals surface area contributed by atoms with E-state index in [0.29, 0.717) is 30.5 Å². The molecule has 1 saturated heterocycles. The van der Waals surface area contributed by atoms with Crippen LogP contribution >= 0.6 is 12.2 Å². The number of nitrogens with two attached hydrogens (primary N) is 1. The Bertz CT molecular complexity index is 289. The van der Waals surface area contributed by atoms with Crippen molar-refractivity contribution in [1.82, 2.24) is 4.90 Å². The molecule has 1 fully saturated rings. The van der Waals surface area contributed by atoms with Crippen LogP contribution in [0.2, 0.25) is 0 Å². The Morgan fingerprint density at radius 3 is 2.72 bits per heavy atom. The van der Waals surface area contributed by atoms with E-state index in [9.17, 15) is 4.79 Å². The van der Waals surface area contributed by atoms with E-state index in [4.69, 9.17) is 22.7 Å². The smallest absolute Gasteiger partial charge is 0.251 e. The summed E-state index contributed by atoms with van der Waals surface area (Å²) in [4.78, 5) is 14.7. The van der Waals surface area contributed by atoms with E-state index in [2.05, 4.69) is 13.8 Å². The van der Waals surface area contributed by atoms with Crippen LogP contribution in [0, 0.1) is 5.92 Å². The van der Waals surface area contributed by atoms with E-state index in [1.165, 1.54) is 0 Å². The lowest BCUT2D eigenvalue weighted by Gasteiger charge is -2.30. The van der Waals surface area contributed by atoms with Crippen molar-refractivity contribution in [3.8, 4) is 0 Å². The van der Waals surface area contributed by atoms with Crippen LogP contribution in [0.4, 0.5) is 0 Å². The molecule has 1 atom stereocenters. The Hall–Kier alpha value is -0.680.